The molecule has 4 rings (SSSR count). The number of anilines is 1. The second-order valence-corrected chi connectivity index (χ2v) is 8.27. The molecule has 5 nitrogen and oxygen atoms in total. The monoisotopic (exact) mass is 438 g/mol. The van der Waals surface area contributed by atoms with Crippen molar-refractivity contribution >= 4 is 28.5 Å². The summed E-state index contributed by atoms with van der Waals surface area (Å²) in [4.78, 5) is 30.4. The molecule has 33 heavy (non-hydrogen) atoms. The van der Waals surface area contributed by atoms with E-state index >= 15 is 0 Å². The number of nitrogens with zero attached hydrogens (tertiary/aromatic N) is 1. The lowest BCUT2D eigenvalue weighted by Gasteiger charge is -2.14. The Hall–Kier alpha value is -3.99. The second kappa shape index (κ2) is 9.25. The van der Waals surface area contributed by atoms with Gasteiger partial charge in [-0.2, -0.15) is 0 Å². The van der Waals surface area contributed by atoms with Gasteiger partial charge in [-0.25, -0.2) is 9.78 Å². The van der Waals surface area contributed by atoms with E-state index < -0.39 is 5.97 Å². The molecule has 0 saturated heterocycles. The molecule has 1 aromatic heterocycles. The van der Waals surface area contributed by atoms with Gasteiger partial charge in [0, 0.05) is 16.6 Å². The summed E-state index contributed by atoms with van der Waals surface area (Å²) in [6, 6.07) is 21.1. The van der Waals surface area contributed by atoms with Crippen molar-refractivity contribution in [3.05, 3.63) is 94.5 Å². The fourth-order valence-electron chi connectivity index (χ4n) is 3.78. The Labute approximate surface area is 193 Å². The third-order valence-corrected chi connectivity index (χ3v) is 5.79. The molecular formula is C28H26N2O3. The number of esters is 1. The number of carbonyl (C=O) groups excluding carboxylic acids is 2. The maximum atomic E-state index is 13.1. The number of amides is 1. The molecule has 0 unspecified atom stereocenters. The number of pyridine rings is 1. The van der Waals surface area contributed by atoms with E-state index in [9.17, 15) is 9.59 Å². The zero-order valence-electron chi connectivity index (χ0n) is 19.2. The molecule has 0 radical (unpaired) electrons. The van der Waals surface area contributed by atoms with Crippen molar-refractivity contribution in [2.24, 2.45) is 0 Å². The fourth-order valence-corrected chi connectivity index (χ4v) is 3.78. The first-order valence-corrected chi connectivity index (χ1v) is 10.8. The van der Waals surface area contributed by atoms with Crippen molar-refractivity contribution in [3.8, 4) is 11.3 Å². The lowest BCUT2D eigenvalue weighted by Crippen LogP contribution is -2.21. The number of nitrogens with one attached hydrogen (secondary N) is 1. The van der Waals surface area contributed by atoms with Crippen LogP contribution in [-0.2, 0) is 9.53 Å². The van der Waals surface area contributed by atoms with Gasteiger partial charge >= 0.3 is 5.97 Å². The van der Waals surface area contributed by atoms with Gasteiger partial charge in [-0.3, -0.25) is 4.79 Å². The van der Waals surface area contributed by atoms with Crippen LogP contribution in [0.25, 0.3) is 22.2 Å². The van der Waals surface area contributed by atoms with Crippen LogP contribution in [0.15, 0.2) is 66.7 Å². The molecule has 1 heterocycles. The zero-order chi connectivity index (χ0) is 23.5. The van der Waals surface area contributed by atoms with Gasteiger partial charge in [-0.05, 0) is 62.6 Å². The maximum absolute atomic E-state index is 13.1. The molecule has 1 N–H and O–H groups in total. The number of para-hydroxylation sites is 1. The third-order valence-electron chi connectivity index (χ3n) is 5.79. The number of ether oxygens (including phenoxy) is 1. The molecule has 0 saturated carbocycles. The zero-order valence-corrected chi connectivity index (χ0v) is 19.2. The number of carbonyl (C=O) groups is 2. The average molecular weight is 439 g/mol. The lowest BCUT2D eigenvalue weighted by atomic mass is 9.97. The molecule has 0 bridgehead atoms. The summed E-state index contributed by atoms with van der Waals surface area (Å²) in [5.74, 6) is -0.934. The summed E-state index contributed by atoms with van der Waals surface area (Å²) in [6.07, 6.45) is 0. The largest absolute Gasteiger partial charge is 0.452 e. The highest BCUT2D eigenvalue weighted by atomic mass is 16.5. The van der Waals surface area contributed by atoms with Crippen LogP contribution in [0.1, 0.15) is 32.6 Å². The van der Waals surface area contributed by atoms with Gasteiger partial charge in [0.15, 0.2) is 6.61 Å². The first-order chi connectivity index (χ1) is 15.8. The Morgan fingerprint density at radius 3 is 2.33 bits per heavy atom. The van der Waals surface area contributed by atoms with Gasteiger partial charge in [0.05, 0.1) is 16.8 Å². The first kappa shape index (κ1) is 22.2. The minimum atomic E-state index is -0.547. The molecule has 1 amide bonds. The number of hydrogen-bond donors (Lipinski definition) is 1. The molecular weight excluding hydrogens is 412 g/mol. The predicted octanol–water partition coefficient (Wildman–Crippen LogP) is 5.93. The van der Waals surface area contributed by atoms with Gasteiger partial charge in [-0.1, -0.05) is 54.1 Å². The highest BCUT2D eigenvalue weighted by Crippen LogP contribution is 2.30. The SMILES string of the molecule is Cc1ccc(-c2nc3ccccc3c(C(=O)OCC(=O)Nc3ccc(C)c(C)c3)c2C)cc1. The van der Waals surface area contributed by atoms with E-state index in [1.807, 2.05) is 94.4 Å². The van der Waals surface area contributed by atoms with Crippen molar-refractivity contribution < 1.29 is 14.3 Å². The van der Waals surface area contributed by atoms with Crippen LogP contribution in [0.5, 0.6) is 0 Å². The summed E-state index contributed by atoms with van der Waals surface area (Å²) in [6.45, 7) is 7.50. The van der Waals surface area contributed by atoms with E-state index in [1.165, 1.54) is 0 Å². The van der Waals surface area contributed by atoms with Crippen LogP contribution < -0.4 is 5.32 Å². The van der Waals surface area contributed by atoms with Crippen LogP contribution in [-0.4, -0.2) is 23.5 Å². The van der Waals surface area contributed by atoms with Crippen molar-refractivity contribution in [1.29, 1.82) is 0 Å². The van der Waals surface area contributed by atoms with Crippen LogP contribution in [0.3, 0.4) is 0 Å². The summed E-state index contributed by atoms with van der Waals surface area (Å²) >= 11 is 0. The Bertz CT molecular complexity index is 1360. The fraction of sp³-hybridized carbons (Fsp3) is 0.179. The number of aryl methyl sites for hydroxylation is 3. The van der Waals surface area contributed by atoms with Crippen LogP contribution in [0.4, 0.5) is 5.69 Å². The predicted molar refractivity (Wildman–Crippen MR) is 131 cm³/mol. The molecule has 3 aromatic carbocycles. The minimum Gasteiger partial charge on any atom is -0.452 e. The summed E-state index contributed by atoms with van der Waals surface area (Å²) in [5.41, 5.74) is 7.53. The molecule has 166 valence electrons. The van der Waals surface area contributed by atoms with Gasteiger partial charge in [0.25, 0.3) is 5.91 Å². The summed E-state index contributed by atoms with van der Waals surface area (Å²) in [5, 5.41) is 3.48. The van der Waals surface area contributed by atoms with E-state index in [0.29, 0.717) is 22.2 Å². The minimum absolute atomic E-state index is 0.373. The van der Waals surface area contributed by atoms with E-state index in [2.05, 4.69) is 5.32 Å². The standard InChI is InChI=1S/C28H26N2O3/c1-17-9-12-21(13-10-17)27-20(4)26(23-7-5-6-8-24(23)30-27)28(32)33-16-25(31)29-22-14-11-18(2)19(3)15-22/h5-15H,16H2,1-4H3,(H,29,31). The van der Waals surface area contributed by atoms with Crippen molar-refractivity contribution in [3.63, 3.8) is 0 Å². The lowest BCUT2D eigenvalue weighted by molar-refractivity contribution is -0.119. The van der Waals surface area contributed by atoms with E-state index in [0.717, 1.165) is 33.5 Å². The van der Waals surface area contributed by atoms with Gasteiger partial charge in [0.1, 0.15) is 0 Å². The number of benzene rings is 3. The molecule has 0 atom stereocenters. The molecule has 0 aliphatic carbocycles. The number of rotatable bonds is 5. The molecule has 4 aromatic rings. The summed E-state index contributed by atoms with van der Waals surface area (Å²) < 4.78 is 5.44. The summed E-state index contributed by atoms with van der Waals surface area (Å²) in [7, 11) is 0. The second-order valence-electron chi connectivity index (χ2n) is 8.27. The average Bonchev–Trinajstić information content (AvgIpc) is 2.80. The Kier molecular flexibility index (Phi) is 6.22. The first-order valence-electron chi connectivity index (χ1n) is 10.8. The molecule has 5 heteroatoms. The van der Waals surface area contributed by atoms with Crippen LogP contribution in [0.2, 0.25) is 0 Å². The van der Waals surface area contributed by atoms with E-state index in [4.69, 9.17) is 9.72 Å². The number of hydrogen-bond acceptors (Lipinski definition) is 4. The quantitative estimate of drug-likeness (QED) is 0.392. The van der Waals surface area contributed by atoms with Gasteiger partial charge < -0.3 is 10.1 Å². The van der Waals surface area contributed by atoms with Gasteiger partial charge in [-0.15, -0.1) is 0 Å². The molecule has 0 aliphatic heterocycles. The molecule has 0 aliphatic rings. The van der Waals surface area contributed by atoms with Crippen LogP contribution in [0, 0.1) is 27.7 Å². The highest BCUT2D eigenvalue weighted by Gasteiger charge is 2.21. The van der Waals surface area contributed by atoms with Crippen LogP contribution >= 0.6 is 0 Å². The molecule has 0 fully saturated rings. The topological polar surface area (TPSA) is 68.3 Å². The van der Waals surface area contributed by atoms with Crippen molar-refractivity contribution in [2.75, 3.05) is 11.9 Å². The Balaban J connectivity index is 1.60. The molecule has 0 spiro atoms. The van der Waals surface area contributed by atoms with Crippen molar-refractivity contribution in [2.45, 2.75) is 27.7 Å². The highest BCUT2D eigenvalue weighted by molar-refractivity contribution is 6.07. The number of fused-ring (bicyclic) bond motifs is 1. The third kappa shape index (κ3) is 4.77. The maximum Gasteiger partial charge on any atom is 0.339 e. The van der Waals surface area contributed by atoms with Gasteiger partial charge in [0.2, 0.25) is 0 Å². The smallest absolute Gasteiger partial charge is 0.339 e. The normalized spacial score (nSPS) is 10.8. The Morgan fingerprint density at radius 2 is 1.61 bits per heavy atom. The van der Waals surface area contributed by atoms with Crippen molar-refractivity contribution in [1.82, 2.24) is 4.98 Å². The Morgan fingerprint density at radius 1 is 0.879 bits per heavy atom. The van der Waals surface area contributed by atoms with E-state index in [1.54, 1.807) is 0 Å². The number of aromatic nitrogens is 1. The van der Waals surface area contributed by atoms with E-state index in [-0.39, 0.29) is 12.5 Å².